The molecule has 0 aliphatic carbocycles. The van der Waals surface area contributed by atoms with Crippen molar-refractivity contribution in [3.63, 3.8) is 0 Å². The summed E-state index contributed by atoms with van der Waals surface area (Å²) in [6, 6.07) is 9.01. The van der Waals surface area contributed by atoms with Crippen molar-refractivity contribution in [3.05, 3.63) is 58.1 Å². The first kappa shape index (κ1) is 14.6. The summed E-state index contributed by atoms with van der Waals surface area (Å²) in [4.78, 5) is 11.2. The van der Waals surface area contributed by atoms with E-state index >= 15 is 0 Å². The molecule has 0 atom stereocenters. The molecule has 0 bridgehead atoms. The molecule has 2 rings (SSSR count). The Balaban J connectivity index is 2.60. The quantitative estimate of drug-likeness (QED) is 0.846. The highest BCUT2D eigenvalue weighted by atomic mass is 79.9. The van der Waals surface area contributed by atoms with Gasteiger partial charge in [-0.2, -0.15) is 13.2 Å². The van der Waals surface area contributed by atoms with Crippen LogP contribution >= 0.6 is 15.9 Å². The normalized spacial score (nSPS) is 11.4. The van der Waals surface area contributed by atoms with E-state index < -0.39 is 17.7 Å². The number of halogens is 4. The van der Waals surface area contributed by atoms with Crippen molar-refractivity contribution in [1.29, 1.82) is 0 Å². The molecule has 0 saturated heterocycles. The van der Waals surface area contributed by atoms with Gasteiger partial charge in [0.1, 0.15) is 0 Å². The minimum Gasteiger partial charge on any atom is -0.478 e. The fourth-order valence-corrected chi connectivity index (χ4v) is 2.17. The summed E-state index contributed by atoms with van der Waals surface area (Å²) in [6.07, 6.45) is -4.46. The molecule has 0 unspecified atom stereocenters. The van der Waals surface area contributed by atoms with Crippen LogP contribution in [0.3, 0.4) is 0 Å². The number of hydrogen-bond acceptors (Lipinski definition) is 1. The molecule has 1 N–H and O–H groups in total. The van der Waals surface area contributed by atoms with E-state index in [1.165, 1.54) is 24.3 Å². The van der Waals surface area contributed by atoms with Gasteiger partial charge in [0.05, 0.1) is 11.1 Å². The van der Waals surface area contributed by atoms with E-state index in [-0.39, 0.29) is 16.7 Å². The van der Waals surface area contributed by atoms with Crippen LogP contribution in [0.25, 0.3) is 11.1 Å². The predicted octanol–water partition coefficient (Wildman–Crippen LogP) is 4.83. The van der Waals surface area contributed by atoms with Crippen molar-refractivity contribution in [2.24, 2.45) is 0 Å². The second-order valence-electron chi connectivity index (χ2n) is 4.07. The Morgan fingerprint density at radius 3 is 2.40 bits per heavy atom. The lowest BCUT2D eigenvalue weighted by Crippen LogP contribution is -2.05. The summed E-state index contributed by atoms with van der Waals surface area (Å²) in [6.45, 7) is 0. The highest BCUT2D eigenvalue weighted by Crippen LogP contribution is 2.33. The van der Waals surface area contributed by atoms with Gasteiger partial charge in [0, 0.05) is 4.47 Å². The maximum atomic E-state index is 12.7. The second kappa shape index (κ2) is 5.28. The third kappa shape index (κ3) is 3.01. The van der Waals surface area contributed by atoms with Crippen molar-refractivity contribution in [1.82, 2.24) is 0 Å². The Labute approximate surface area is 121 Å². The summed E-state index contributed by atoms with van der Waals surface area (Å²) in [5, 5.41) is 9.14. The molecule has 0 aliphatic rings. The molecule has 0 aliphatic heterocycles. The predicted molar refractivity (Wildman–Crippen MR) is 71.5 cm³/mol. The Morgan fingerprint density at radius 2 is 1.80 bits per heavy atom. The zero-order valence-electron chi connectivity index (χ0n) is 9.91. The lowest BCUT2D eigenvalue weighted by Gasteiger charge is -2.11. The van der Waals surface area contributed by atoms with Crippen LogP contribution in [0.1, 0.15) is 15.9 Å². The molecule has 0 fully saturated rings. The number of carboxylic acids is 1. The first-order valence-electron chi connectivity index (χ1n) is 5.49. The Hall–Kier alpha value is -1.82. The maximum absolute atomic E-state index is 12.7. The van der Waals surface area contributed by atoms with Gasteiger partial charge in [-0.05, 0) is 35.4 Å². The molecule has 6 heteroatoms. The summed E-state index contributed by atoms with van der Waals surface area (Å²) < 4.78 is 38.6. The average Bonchev–Trinajstić information content (AvgIpc) is 2.37. The lowest BCUT2D eigenvalue weighted by molar-refractivity contribution is -0.137. The Morgan fingerprint density at radius 1 is 1.10 bits per heavy atom. The highest BCUT2D eigenvalue weighted by Gasteiger charge is 2.30. The molecule has 0 aromatic heterocycles. The number of rotatable bonds is 2. The van der Waals surface area contributed by atoms with E-state index in [0.29, 0.717) is 4.47 Å². The zero-order valence-corrected chi connectivity index (χ0v) is 11.5. The zero-order chi connectivity index (χ0) is 14.9. The molecule has 0 heterocycles. The minimum atomic E-state index is -4.46. The second-order valence-corrected chi connectivity index (χ2v) is 4.99. The molecule has 0 amide bonds. The topological polar surface area (TPSA) is 37.3 Å². The first-order valence-corrected chi connectivity index (χ1v) is 6.29. The highest BCUT2D eigenvalue weighted by molar-refractivity contribution is 9.10. The summed E-state index contributed by atoms with van der Waals surface area (Å²) in [5.41, 5.74) is -0.413. The number of hydrogen-bond donors (Lipinski definition) is 1. The molecular weight excluding hydrogens is 337 g/mol. The number of alkyl halides is 3. The van der Waals surface area contributed by atoms with Gasteiger partial charge >= 0.3 is 12.1 Å². The van der Waals surface area contributed by atoms with Gasteiger partial charge < -0.3 is 5.11 Å². The van der Waals surface area contributed by atoms with Crippen molar-refractivity contribution in [2.45, 2.75) is 6.18 Å². The maximum Gasteiger partial charge on any atom is 0.416 e. The molecule has 0 saturated carbocycles. The van der Waals surface area contributed by atoms with Crippen LogP contribution in [-0.4, -0.2) is 11.1 Å². The van der Waals surface area contributed by atoms with Gasteiger partial charge in [-0.3, -0.25) is 0 Å². The summed E-state index contributed by atoms with van der Waals surface area (Å²) in [5.74, 6) is -1.20. The SMILES string of the molecule is O=C(O)c1cc(Br)ccc1-c1cccc(C(F)(F)F)c1. The molecule has 2 aromatic carbocycles. The van der Waals surface area contributed by atoms with E-state index in [9.17, 15) is 18.0 Å². The Kier molecular flexibility index (Phi) is 3.85. The van der Waals surface area contributed by atoms with Crippen LogP contribution in [0.5, 0.6) is 0 Å². The third-order valence-corrected chi connectivity index (χ3v) is 3.21. The van der Waals surface area contributed by atoms with Crippen LogP contribution in [0.15, 0.2) is 46.9 Å². The number of aromatic carboxylic acids is 1. The van der Waals surface area contributed by atoms with E-state index in [1.807, 2.05) is 0 Å². The van der Waals surface area contributed by atoms with E-state index in [1.54, 1.807) is 6.07 Å². The standard InChI is InChI=1S/C14H8BrF3O2/c15-10-4-5-11(12(7-10)13(19)20)8-2-1-3-9(6-8)14(16,17)18/h1-7H,(H,19,20). The lowest BCUT2D eigenvalue weighted by atomic mass is 9.98. The Bertz CT molecular complexity index is 666. The van der Waals surface area contributed by atoms with E-state index in [4.69, 9.17) is 5.11 Å². The summed E-state index contributed by atoms with van der Waals surface area (Å²) >= 11 is 3.14. The average molecular weight is 345 g/mol. The largest absolute Gasteiger partial charge is 0.478 e. The molecule has 2 aromatic rings. The van der Waals surface area contributed by atoms with Gasteiger partial charge in [-0.25, -0.2) is 4.79 Å². The molecule has 20 heavy (non-hydrogen) atoms. The monoisotopic (exact) mass is 344 g/mol. The number of benzene rings is 2. The van der Waals surface area contributed by atoms with Crippen molar-refractivity contribution < 1.29 is 23.1 Å². The van der Waals surface area contributed by atoms with E-state index in [2.05, 4.69) is 15.9 Å². The molecule has 104 valence electrons. The van der Waals surface area contributed by atoms with Gasteiger partial charge in [0.15, 0.2) is 0 Å². The molecule has 0 radical (unpaired) electrons. The van der Waals surface area contributed by atoms with Gasteiger partial charge in [-0.15, -0.1) is 0 Å². The first-order chi connectivity index (χ1) is 9.29. The summed E-state index contributed by atoms with van der Waals surface area (Å²) in [7, 11) is 0. The molecular formula is C14H8BrF3O2. The van der Waals surface area contributed by atoms with Crippen LogP contribution in [0.2, 0.25) is 0 Å². The van der Waals surface area contributed by atoms with Crippen molar-refractivity contribution in [2.75, 3.05) is 0 Å². The smallest absolute Gasteiger partial charge is 0.416 e. The molecule has 0 spiro atoms. The van der Waals surface area contributed by atoms with Crippen molar-refractivity contribution in [3.8, 4) is 11.1 Å². The van der Waals surface area contributed by atoms with Gasteiger partial charge in [0.25, 0.3) is 0 Å². The van der Waals surface area contributed by atoms with Crippen LogP contribution in [0.4, 0.5) is 13.2 Å². The molecule has 2 nitrogen and oxygen atoms in total. The van der Waals surface area contributed by atoms with Gasteiger partial charge in [0.2, 0.25) is 0 Å². The minimum absolute atomic E-state index is 0.0568. The van der Waals surface area contributed by atoms with Crippen LogP contribution in [-0.2, 0) is 6.18 Å². The van der Waals surface area contributed by atoms with Crippen LogP contribution < -0.4 is 0 Å². The van der Waals surface area contributed by atoms with Gasteiger partial charge in [-0.1, -0.05) is 34.1 Å². The third-order valence-electron chi connectivity index (χ3n) is 2.71. The fourth-order valence-electron chi connectivity index (χ4n) is 1.81. The van der Waals surface area contributed by atoms with E-state index in [0.717, 1.165) is 12.1 Å². The fraction of sp³-hybridized carbons (Fsp3) is 0.0714. The number of carboxylic acid groups (broad SMARTS) is 1. The number of carbonyl (C=O) groups is 1. The van der Waals surface area contributed by atoms with Crippen molar-refractivity contribution >= 4 is 21.9 Å². The van der Waals surface area contributed by atoms with Crippen LogP contribution in [0, 0.1) is 0 Å².